The summed E-state index contributed by atoms with van der Waals surface area (Å²) in [4.78, 5) is 48.9. The maximum atomic E-state index is 12.7. The summed E-state index contributed by atoms with van der Waals surface area (Å²) in [6.07, 6.45) is -1.28. The average Bonchev–Trinajstić information content (AvgIpc) is 2.69. The lowest BCUT2D eigenvalue weighted by atomic mass is 10.0. The Morgan fingerprint density at radius 1 is 0.871 bits per heavy atom. The molecule has 0 aliphatic carbocycles. The minimum atomic E-state index is -1.42. The molecule has 1 aromatic carbocycles. The first kappa shape index (κ1) is 26.1. The number of carbonyl (C=O) groups is 4. The van der Waals surface area contributed by atoms with E-state index in [1.807, 2.05) is 0 Å². The zero-order chi connectivity index (χ0) is 23.7. The fourth-order valence-corrected chi connectivity index (χ4v) is 2.78. The molecule has 0 bridgehead atoms. The molecule has 3 amide bonds. The lowest BCUT2D eigenvalue weighted by Gasteiger charge is -2.27. The summed E-state index contributed by atoms with van der Waals surface area (Å²) in [5, 5.41) is 26.8. The summed E-state index contributed by atoms with van der Waals surface area (Å²) in [6, 6.07) is 4.23. The number of amides is 3. The summed E-state index contributed by atoms with van der Waals surface area (Å²) in [7, 11) is 0. The van der Waals surface area contributed by atoms with Crippen LogP contribution in [0.4, 0.5) is 0 Å². The number of carboxylic acids is 1. The Labute approximate surface area is 181 Å². The van der Waals surface area contributed by atoms with E-state index >= 15 is 0 Å². The highest BCUT2D eigenvalue weighted by molar-refractivity contribution is 5.94. The minimum absolute atomic E-state index is 0.0292. The van der Waals surface area contributed by atoms with Crippen molar-refractivity contribution in [3.8, 4) is 0 Å². The number of nitrogens with two attached hydrogens (primary N) is 1. The molecule has 0 fully saturated rings. The van der Waals surface area contributed by atoms with Gasteiger partial charge in [-0.1, -0.05) is 44.2 Å². The third kappa shape index (κ3) is 8.35. The summed E-state index contributed by atoms with van der Waals surface area (Å²) in [5.41, 5.74) is 6.23. The SMILES string of the molecule is CC(N)C(=O)NC(C(=O)NC(C(=O)NC(Cc1ccccc1)C(=O)O)C(C)O)C(C)C. The van der Waals surface area contributed by atoms with E-state index in [1.165, 1.54) is 13.8 Å². The van der Waals surface area contributed by atoms with Gasteiger partial charge in [-0.2, -0.15) is 0 Å². The highest BCUT2D eigenvalue weighted by Crippen LogP contribution is 2.07. The molecule has 31 heavy (non-hydrogen) atoms. The molecule has 1 rings (SSSR count). The first-order valence-corrected chi connectivity index (χ1v) is 10.1. The number of carboxylic acid groups (broad SMARTS) is 1. The topological polar surface area (TPSA) is 171 Å². The number of benzene rings is 1. The van der Waals surface area contributed by atoms with Crippen molar-refractivity contribution in [2.24, 2.45) is 11.7 Å². The summed E-state index contributed by atoms with van der Waals surface area (Å²) >= 11 is 0. The van der Waals surface area contributed by atoms with Gasteiger partial charge in [0, 0.05) is 6.42 Å². The van der Waals surface area contributed by atoms with Gasteiger partial charge in [0.15, 0.2) is 0 Å². The van der Waals surface area contributed by atoms with E-state index in [0.29, 0.717) is 5.56 Å². The Bertz CT molecular complexity index is 766. The van der Waals surface area contributed by atoms with E-state index in [9.17, 15) is 29.4 Å². The number of aliphatic hydroxyl groups excluding tert-OH is 1. The van der Waals surface area contributed by atoms with Crippen LogP contribution in [0.2, 0.25) is 0 Å². The molecule has 0 aliphatic heterocycles. The Hall–Kier alpha value is -2.98. The molecule has 10 heteroatoms. The second kappa shape index (κ2) is 12.0. The highest BCUT2D eigenvalue weighted by Gasteiger charge is 2.33. The Balaban J connectivity index is 2.92. The highest BCUT2D eigenvalue weighted by atomic mass is 16.4. The zero-order valence-corrected chi connectivity index (χ0v) is 18.2. The summed E-state index contributed by atoms with van der Waals surface area (Å²) in [6.45, 7) is 6.16. The average molecular weight is 437 g/mol. The van der Waals surface area contributed by atoms with Crippen LogP contribution < -0.4 is 21.7 Å². The second-order valence-corrected chi connectivity index (χ2v) is 7.83. The van der Waals surface area contributed by atoms with Gasteiger partial charge in [0.25, 0.3) is 0 Å². The van der Waals surface area contributed by atoms with Crippen molar-refractivity contribution in [3.63, 3.8) is 0 Å². The molecule has 0 aliphatic rings. The van der Waals surface area contributed by atoms with Crippen LogP contribution in [-0.4, -0.2) is 64.2 Å². The first-order valence-electron chi connectivity index (χ1n) is 10.1. The number of aliphatic carboxylic acids is 1. The fourth-order valence-electron chi connectivity index (χ4n) is 2.78. The van der Waals surface area contributed by atoms with Crippen molar-refractivity contribution in [2.75, 3.05) is 0 Å². The van der Waals surface area contributed by atoms with E-state index in [4.69, 9.17) is 5.73 Å². The van der Waals surface area contributed by atoms with E-state index in [0.717, 1.165) is 0 Å². The zero-order valence-electron chi connectivity index (χ0n) is 18.2. The van der Waals surface area contributed by atoms with E-state index in [2.05, 4.69) is 16.0 Å². The van der Waals surface area contributed by atoms with E-state index < -0.39 is 54.0 Å². The number of hydrogen-bond acceptors (Lipinski definition) is 6. The lowest BCUT2D eigenvalue weighted by molar-refractivity contribution is -0.143. The van der Waals surface area contributed by atoms with Gasteiger partial charge >= 0.3 is 5.97 Å². The van der Waals surface area contributed by atoms with Crippen molar-refractivity contribution >= 4 is 23.7 Å². The van der Waals surface area contributed by atoms with Crippen molar-refractivity contribution in [2.45, 2.75) is 64.4 Å². The largest absolute Gasteiger partial charge is 0.480 e. The molecule has 0 radical (unpaired) electrons. The van der Waals surface area contributed by atoms with Gasteiger partial charge in [-0.25, -0.2) is 4.79 Å². The van der Waals surface area contributed by atoms with E-state index in [-0.39, 0.29) is 12.3 Å². The molecule has 0 spiro atoms. The number of hydrogen-bond donors (Lipinski definition) is 6. The standard InChI is InChI=1S/C21H32N4O6/c1-11(2)16(24-18(27)12(3)22)19(28)25-17(13(4)26)20(29)23-15(21(30)31)10-14-8-6-5-7-9-14/h5-9,11-13,15-17,26H,10,22H2,1-4H3,(H,23,29)(H,24,27)(H,25,28)(H,30,31). The molecule has 0 aromatic heterocycles. The molecule has 0 saturated heterocycles. The molecule has 172 valence electrons. The first-order chi connectivity index (χ1) is 14.4. The van der Waals surface area contributed by atoms with Crippen LogP contribution in [0.1, 0.15) is 33.3 Å². The predicted octanol–water partition coefficient (Wildman–Crippen LogP) is -0.848. The third-order valence-electron chi connectivity index (χ3n) is 4.62. The molecule has 5 atom stereocenters. The van der Waals surface area contributed by atoms with Gasteiger partial charge in [0.05, 0.1) is 12.1 Å². The van der Waals surface area contributed by atoms with Crippen LogP contribution >= 0.6 is 0 Å². The minimum Gasteiger partial charge on any atom is -0.480 e. The van der Waals surface area contributed by atoms with Crippen LogP contribution in [0.15, 0.2) is 30.3 Å². The van der Waals surface area contributed by atoms with Crippen LogP contribution in [0.5, 0.6) is 0 Å². The van der Waals surface area contributed by atoms with Crippen LogP contribution in [0.25, 0.3) is 0 Å². The number of nitrogens with one attached hydrogen (secondary N) is 3. The van der Waals surface area contributed by atoms with Crippen LogP contribution in [0, 0.1) is 5.92 Å². The maximum absolute atomic E-state index is 12.7. The normalized spacial score (nSPS) is 15.8. The maximum Gasteiger partial charge on any atom is 0.326 e. The molecule has 10 nitrogen and oxygen atoms in total. The Morgan fingerprint density at radius 3 is 1.84 bits per heavy atom. The second-order valence-electron chi connectivity index (χ2n) is 7.83. The molecule has 1 aromatic rings. The quantitative estimate of drug-likeness (QED) is 0.262. The molecule has 5 unspecified atom stereocenters. The number of carbonyl (C=O) groups excluding carboxylic acids is 3. The van der Waals surface area contributed by atoms with Crippen molar-refractivity contribution < 1.29 is 29.4 Å². The van der Waals surface area contributed by atoms with Gasteiger partial charge in [-0.05, 0) is 25.3 Å². The predicted molar refractivity (Wildman–Crippen MR) is 114 cm³/mol. The monoisotopic (exact) mass is 436 g/mol. The van der Waals surface area contributed by atoms with Gasteiger partial charge < -0.3 is 31.9 Å². The third-order valence-corrected chi connectivity index (χ3v) is 4.62. The van der Waals surface area contributed by atoms with Crippen molar-refractivity contribution in [1.82, 2.24) is 16.0 Å². The van der Waals surface area contributed by atoms with Gasteiger partial charge in [-0.15, -0.1) is 0 Å². The smallest absolute Gasteiger partial charge is 0.326 e. The van der Waals surface area contributed by atoms with Gasteiger partial charge in [0.2, 0.25) is 17.7 Å². The molecule has 7 N–H and O–H groups in total. The van der Waals surface area contributed by atoms with Crippen LogP contribution in [0.3, 0.4) is 0 Å². The van der Waals surface area contributed by atoms with Crippen molar-refractivity contribution in [1.29, 1.82) is 0 Å². The van der Waals surface area contributed by atoms with Crippen LogP contribution in [-0.2, 0) is 25.6 Å². The van der Waals surface area contributed by atoms with Gasteiger partial charge in [0.1, 0.15) is 18.1 Å². The molecule has 0 saturated carbocycles. The van der Waals surface area contributed by atoms with Gasteiger partial charge in [-0.3, -0.25) is 14.4 Å². The lowest BCUT2D eigenvalue weighted by Crippen LogP contribution is -2.60. The van der Waals surface area contributed by atoms with Crippen molar-refractivity contribution in [3.05, 3.63) is 35.9 Å². The molecular weight excluding hydrogens is 404 g/mol. The molecule has 0 heterocycles. The van der Waals surface area contributed by atoms with E-state index in [1.54, 1.807) is 44.2 Å². The summed E-state index contributed by atoms with van der Waals surface area (Å²) in [5.74, 6) is -3.67. The number of rotatable bonds is 11. The fraction of sp³-hybridized carbons (Fsp3) is 0.524. The summed E-state index contributed by atoms with van der Waals surface area (Å²) < 4.78 is 0. The Kier molecular flexibility index (Phi) is 10.1. The Morgan fingerprint density at radius 2 is 1.39 bits per heavy atom. The number of aliphatic hydroxyl groups is 1. The molecular formula is C21H32N4O6.